The maximum Gasteiger partial charge on any atom is 0.0701 e. The summed E-state index contributed by atoms with van der Waals surface area (Å²) < 4.78 is 0. The SMILES string of the molecule is c1ccc(-c2ccc(Nc3cccnc3)cc2)nc1. The van der Waals surface area contributed by atoms with Crippen LogP contribution in [0.1, 0.15) is 0 Å². The van der Waals surface area contributed by atoms with Gasteiger partial charge in [0.05, 0.1) is 17.6 Å². The molecule has 0 bridgehead atoms. The average Bonchev–Trinajstić information content (AvgIpc) is 2.50. The van der Waals surface area contributed by atoms with Crippen LogP contribution in [0.15, 0.2) is 73.2 Å². The highest BCUT2D eigenvalue weighted by Crippen LogP contribution is 2.21. The molecule has 0 saturated carbocycles. The number of nitrogens with zero attached hydrogens (tertiary/aromatic N) is 2. The van der Waals surface area contributed by atoms with Crippen molar-refractivity contribution in [1.29, 1.82) is 0 Å². The van der Waals surface area contributed by atoms with Gasteiger partial charge in [-0.2, -0.15) is 0 Å². The Morgan fingerprint density at radius 2 is 1.63 bits per heavy atom. The number of nitrogens with one attached hydrogen (secondary N) is 1. The molecule has 0 amide bonds. The molecule has 3 rings (SSSR count). The molecule has 0 unspecified atom stereocenters. The first-order valence-corrected chi connectivity index (χ1v) is 6.10. The second-order valence-electron chi connectivity index (χ2n) is 4.16. The zero-order valence-electron chi connectivity index (χ0n) is 10.3. The van der Waals surface area contributed by atoms with Gasteiger partial charge in [-0.15, -0.1) is 0 Å². The lowest BCUT2D eigenvalue weighted by atomic mass is 10.1. The lowest BCUT2D eigenvalue weighted by Crippen LogP contribution is -1.90. The second kappa shape index (κ2) is 5.31. The molecule has 0 aliphatic rings. The minimum atomic E-state index is 0.980. The molecular weight excluding hydrogens is 234 g/mol. The van der Waals surface area contributed by atoms with Gasteiger partial charge in [-0.25, -0.2) is 0 Å². The minimum Gasteiger partial charge on any atom is -0.354 e. The molecule has 3 aromatic rings. The van der Waals surface area contributed by atoms with Gasteiger partial charge in [0, 0.05) is 23.6 Å². The van der Waals surface area contributed by atoms with Crippen molar-refractivity contribution in [2.45, 2.75) is 0 Å². The maximum atomic E-state index is 4.33. The molecule has 0 fully saturated rings. The highest BCUT2D eigenvalue weighted by atomic mass is 14.9. The fourth-order valence-corrected chi connectivity index (χ4v) is 1.86. The van der Waals surface area contributed by atoms with Crippen LogP contribution in [-0.2, 0) is 0 Å². The van der Waals surface area contributed by atoms with Gasteiger partial charge in [0.15, 0.2) is 0 Å². The summed E-state index contributed by atoms with van der Waals surface area (Å²) in [4.78, 5) is 8.41. The van der Waals surface area contributed by atoms with Gasteiger partial charge < -0.3 is 5.32 Å². The quantitative estimate of drug-likeness (QED) is 0.763. The van der Waals surface area contributed by atoms with Crippen LogP contribution < -0.4 is 5.32 Å². The van der Waals surface area contributed by atoms with Gasteiger partial charge in [-0.1, -0.05) is 18.2 Å². The van der Waals surface area contributed by atoms with Crippen molar-refractivity contribution in [3.05, 3.63) is 73.2 Å². The molecule has 0 atom stereocenters. The number of benzene rings is 1. The Kier molecular flexibility index (Phi) is 3.19. The first-order valence-electron chi connectivity index (χ1n) is 6.10. The van der Waals surface area contributed by atoms with Crippen molar-refractivity contribution in [3.63, 3.8) is 0 Å². The van der Waals surface area contributed by atoms with Gasteiger partial charge in [0.2, 0.25) is 0 Å². The fourth-order valence-electron chi connectivity index (χ4n) is 1.86. The molecule has 2 aromatic heterocycles. The first-order chi connectivity index (χ1) is 9.42. The van der Waals surface area contributed by atoms with Crippen LogP contribution in [0.2, 0.25) is 0 Å². The lowest BCUT2D eigenvalue weighted by molar-refractivity contribution is 1.32. The molecule has 1 N–H and O–H groups in total. The van der Waals surface area contributed by atoms with Gasteiger partial charge in [-0.3, -0.25) is 9.97 Å². The van der Waals surface area contributed by atoms with Crippen molar-refractivity contribution in [3.8, 4) is 11.3 Å². The molecule has 2 heterocycles. The molecule has 1 aromatic carbocycles. The van der Waals surface area contributed by atoms with Crippen molar-refractivity contribution < 1.29 is 0 Å². The Morgan fingerprint density at radius 3 is 2.32 bits per heavy atom. The van der Waals surface area contributed by atoms with E-state index in [-0.39, 0.29) is 0 Å². The number of anilines is 2. The number of hydrogen-bond donors (Lipinski definition) is 1. The van der Waals surface area contributed by atoms with Crippen LogP contribution in [0.4, 0.5) is 11.4 Å². The van der Waals surface area contributed by atoms with E-state index in [1.54, 1.807) is 18.6 Å². The summed E-state index contributed by atoms with van der Waals surface area (Å²) in [5.74, 6) is 0. The lowest BCUT2D eigenvalue weighted by Gasteiger charge is -2.06. The summed E-state index contributed by atoms with van der Waals surface area (Å²) in [6, 6.07) is 18.0. The summed E-state index contributed by atoms with van der Waals surface area (Å²) in [5, 5.41) is 3.30. The highest BCUT2D eigenvalue weighted by molar-refractivity contribution is 5.65. The maximum absolute atomic E-state index is 4.33. The summed E-state index contributed by atoms with van der Waals surface area (Å²) in [7, 11) is 0. The van der Waals surface area contributed by atoms with E-state index in [4.69, 9.17) is 0 Å². The van der Waals surface area contributed by atoms with Gasteiger partial charge >= 0.3 is 0 Å². The first kappa shape index (κ1) is 11.4. The zero-order valence-corrected chi connectivity index (χ0v) is 10.3. The smallest absolute Gasteiger partial charge is 0.0701 e. The summed E-state index contributed by atoms with van der Waals surface area (Å²) >= 11 is 0. The average molecular weight is 247 g/mol. The zero-order chi connectivity index (χ0) is 12.9. The molecule has 0 radical (unpaired) electrons. The minimum absolute atomic E-state index is 0.980. The van der Waals surface area contributed by atoms with E-state index in [2.05, 4.69) is 27.4 Å². The molecule has 0 saturated heterocycles. The molecule has 3 heteroatoms. The monoisotopic (exact) mass is 247 g/mol. The number of pyridine rings is 2. The van der Waals surface area contributed by atoms with Crippen LogP contribution in [0.25, 0.3) is 11.3 Å². The van der Waals surface area contributed by atoms with Crippen LogP contribution in [0.3, 0.4) is 0 Å². The van der Waals surface area contributed by atoms with Crippen molar-refractivity contribution >= 4 is 11.4 Å². The van der Waals surface area contributed by atoms with E-state index in [1.165, 1.54) is 0 Å². The molecule has 3 nitrogen and oxygen atoms in total. The molecule has 0 spiro atoms. The Balaban J connectivity index is 1.80. The predicted octanol–water partition coefficient (Wildman–Crippen LogP) is 3.89. The molecular formula is C16H13N3. The van der Waals surface area contributed by atoms with Gasteiger partial charge in [0.1, 0.15) is 0 Å². The fraction of sp³-hybridized carbons (Fsp3) is 0. The standard InChI is InChI=1S/C16H13N3/c1-2-11-18-16(5-1)13-6-8-14(9-7-13)19-15-4-3-10-17-12-15/h1-12,19H. The van der Waals surface area contributed by atoms with E-state index in [0.29, 0.717) is 0 Å². The third-order valence-electron chi connectivity index (χ3n) is 2.80. The second-order valence-corrected chi connectivity index (χ2v) is 4.16. The van der Waals surface area contributed by atoms with Gasteiger partial charge in [-0.05, 0) is 36.4 Å². The van der Waals surface area contributed by atoms with Crippen molar-refractivity contribution in [2.24, 2.45) is 0 Å². The summed E-state index contributed by atoms with van der Waals surface area (Å²) in [6.45, 7) is 0. The summed E-state index contributed by atoms with van der Waals surface area (Å²) in [5.41, 5.74) is 4.11. The topological polar surface area (TPSA) is 37.8 Å². The van der Waals surface area contributed by atoms with E-state index in [0.717, 1.165) is 22.6 Å². The van der Waals surface area contributed by atoms with Crippen molar-refractivity contribution in [1.82, 2.24) is 9.97 Å². The van der Waals surface area contributed by atoms with Crippen molar-refractivity contribution in [2.75, 3.05) is 5.32 Å². The van der Waals surface area contributed by atoms with E-state index in [9.17, 15) is 0 Å². The van der Waals surface area contributed by atoms with Crippen LogP contribution in [0.5, 0.6) is 0 Å². The van der Waals surface area contributed by atoms with Crippen LogP contribution in [-0.4, -0.2) is 9.97 Å². The third-order valence-corrected chi connectivity index (χ3v) is 2.80. The number of rotatable bonds is 3. The third kappa shape index (κ3) is 2.77. The van der Waals surface area contributed by atoms with E-state index < -0.39 is 0 Å². The molecule has 0 aliphatic heterocycles. The molecule has 92 valence electrons. The Morgan fingerprint density at radius 1 is 0.737 bits per heavy atom. The normalized spacial score (nSPS) is 10.1. The number of hydrogen-bond acceptors (Lipinski definition) is 3. The molecule has 0 aliphatic carbocycles. The van der Waals surface area contributed by atoms with E-state index >= 15 is 0 Å². The van der Waals surface area contributed by atoms with Crippen LogP contribution in [0, 0.1) is 0 Å². The largest absolute Gasteiger partial charge is 0.354 e. The Labute approximate surface area is 112 Å². The molecule has 19 heavy (non-hydrogen) atoms. The summed E-state index contributed by atoms with van der Waals surface area (Å²) in [6.07, 6.45) is 5.36. The Bertz CT molecular complexity index is 634. The predicted molar refractivity (Wildman–Crippen MR) is 77.2 cm³/mol. The van der Waals surface area contributed by atoms with Crippen LogP contribution >= 0.6 is 0 Å². The Hall–Kier alpha value is -2.68. The van der Waals surface area contributed by atoms with E-state index in [1.807, 2.05) is 42.5 Å². The van der Waals surface area contributed by atoms with Gasteiger partial charge in [0.25, 0.3) is 0 Å². The number of aromatic nitrogens is 2. The highest BCUT2D eigenvalue weighted by Gasteiger charge is 1.98.